The first-order valence-corrected chi connectivity index (χ1v) is 23.2. The van der Waals surface area contributed by atoms with Gasteiger partial charge in [0.25, 0.3) is 0 Å². The Labute approximate surface area is 383 Å². The Bertz CT molecular complexity index is 3940. The van der Waals surface area contributed by atoms with E-state index >= 15 is 0 Å². The lowest BCUT2D eigenvalue weighted by molar-refractivity contribution is 0.332. The van der Waals surface area contributed by atoms with Crippen LogP contribution in [0.15, 0.2) is 188 Å². The van der Waals surface area contributed by atoms with Crippen LogP contribution < -0.4 is 0 Å². The van der Waals surface area contributed by atoms with Crippen molar-refractivity contribution in [1.29, 1.82) is 0 Å². The van der Waals surface area contributed by atoms with Crippen molar-refractivity contribution in [2.24, 2.45) is 0 Å². The monoisotopic (exact) mass is 849 g/mol. The van der Waals surface area contributed by atoms with Crippen LogP contribution in [-0.2, 0) is 10.8 Å². The van der Waals surface area contributed by atoms with Crippen molar-refractivity contribution in [1.82, 2.24) is 24.1 Å². The molecule has 1 aliphatic carbocycles. The second-order valence-corrected chi connectivity index (χ2v) is 19.5. The molecule has 5 nitrogen and oxygen atoms in total. The Hall–Kier alpha value is -7.89. The zero-order chi connectivity index (χ0) is 44.3. The van der Waals surface area contributed by atoms with Crippen molar-refractivity contribution >= 4 is 65.2 Å². The summed E-state index contributed by atoms with van der Waals surface area (Å²) in [6.45, 7) is 9.68. The van der Waals surface area contributed by atoms with Gasteiger partial charge in [-0.05, 0) is 116 Å². The Morgan fingerprint density at radius 2 is 1.05 bits per heavy atom. The van der Waals surface area contributed by atoms with Crippen LogP contribution in [-0.4, -0.2) is 24.1 Å². The number of fused-ring (bicyclic) bond motifs is 10. The topological polar surface area (TPSA) is 48.5 Å². The molecule has 0 N–H and O–H groups in total. The molecule has 0 saturated heterocycles. The SMILES string of the molecule is CC1(C)CCC(C)(C)c2cc3c(cc21)c1c(ccc2c4ccccc4n(-c4nc(-c5cccc(-c6ccc7ccccc7c6)c5)nc(-c5cccc6ccccc56)n4)c21)n3-c1ccccc1. The van der Waals surface area contributed by atoms with E-state index in [2.05, 4.69) is 225 Å². The molecule has 13 rings (SSSR count). The molecule has 0 spiro atoms. The fourth-order valence-electron chi connectivity index (χ4n) is 11.0. The third-order valence-electron chi connectivity index (χ3n) is 14.6. The minimum Gasteiger partial charge on any atom is -0.309 e. The highest BCUT2D eigenvalue weighted by Gasteiger charge is 2.38. The second kappa shape index (κ2) is 14.3. The summed E-state index contributed by atoms with van der Waals surface area (Å²) in [6.07, 6.45) is 2.28. The lowest BCUT2D eigenvalue weighted by Crippen LogP contribution is -2.33. The molecule has 0 fully saturated rings. The summed E-state index contributed by atoms with van der Waals surface area (Å²) in [6, 6.07) is 68.0. The average molecular weight is 850 g/mol. The van der Waals surface area contributed by atoms with Gasteiger partial charge in [0.05, 0.1) is 22.1 Å². The smallest absolute Gasteiger partial charge is 0.238 e. The molecule has 12 aromatic rings. The predicted octanol–water partition coefficient (Wildman–Crippen LogP) is 15.7. The number of hydrogen-bond donors (Lipinski definition) is 0. The standard InChI is InChI=1S/C61H47N5/c1-60(2)32-33-61(3,4)51-37-54-49(36-50(51)60)55-53(65(54)44-22-6-5-7-23-44)31-30-47-46-25-12-13-27-52(46)66(56(47)55)59-63-57(62-58(64-59)48-26-15-19-39-17-10-11-24-45(39)48)43-21-14-20-41(35-43)42-29-28-38-16-8-9-18-40(38)34-42/h5-31,34-37H,32-33H2,1-4H3. The Balaban J connectivity index is 1.14. The quantitative estimate of drug-likeness (QED) is 0.173. The van der Waals surface area contributed by atoms with Crippen molar-refractivity contribution < 1.29 is 0 Å². The summed E-state index contributed by atoms with van der Waals surface area (Å²) in [5.74, 6) is 1.83. The summed E-state index contributed by atoms with van der Waals surface area (Å²) < 4.78 is 4.80. The van der Waals surface area contributed by atoms with Crippen LogP contribution in [0.3, 0.4) is 0 Å². The predicted molar refractivity (Wildman–Crippen MR) is 275 cm³/mol. The Morgan fingerprint density at radius 3 is 1.88 bits per heavy atom. The first-order chi connectivity index (χ1) is 32.2. The maximum atomic E-state index is 5.53. The van der Waals surface area contributed by atoms with Crippen LogP contribution in [0, 0.1) is 0 Å². The van der Waals surface area contributed by atoms with Gasteiger partial charge in [0.2, 0.25) is 5.95 Å². The number of hydrogen-bond acceptors (Lipinski definition) is 3. The molecule has 316 valence electrons. The number of para-hydroxylation sites is 2. The summed E-state index contributed by atoms with van der Waals surface area (Å²) in [5, 5.41) is 9.41. The van der Waals surface area contributed by atoms with Crippen LogP contribution in [0.4, 0.5) is 0 Å². The molecule has 1 aliphatic rings. The van der Waals surface area contributed by atoms with Gasteiger partial charge in [-0.1, -0.05) is 167 Å². The van der Waals surface area contributed by atoms with Crippen LogP contribution in [0.1, 0.15) is 51.7 Å². The molecular formula is C61H47N5. The lowest BCUT2D eigenvalue weighted by atomic mass is 9.63. The van der Waals surface area contributed by atoms with E-state index in [0.29, 0.717) is 17.6 Å². The molecule has 0 amide bonds. The molecule has 66 heavy (non-hydrogen) atoms. The first-order valence-electron chi connectivity index (χ1n) is 23.2. The van der Waals surface area contributed by atoms with Gasteiger partial charge in [-0.2, -0.15) is 9.97 Å². The van der Waals surface area contributed by atoms with E-state index in [1.54, 1.807) is 0 Å². The van der Waals surface area contributed by atoms with E-state index in [9.17, 15) is 0 Å². The molecule has 5 heteroatoms. The van der Waals surface area contributed by atoms with E-state index in [1.807, 2.05) is 0 Å². The maximum absolute atomic E-state index is 5.53. The van der Waals surface area contributed by atoms with E-state index in [-0.39, 0.29) is 10.8 Å². The largest absolute Gasteiger partial charge is 0.309 e. The highest BCUT2D eigenvalue weighted by atomic mass is 15.2. The number of nitrogens with zero attached hydrogens (tertiary/aromatic N) is 5. The fraction of sp³-hybridized carbons (Fsp3) is 0.131. The van der Waals surface area contributed by atoms with E-state index in [1.165, 1.54) is 38.2 Å². The Morgan fingerprint density at radius 1 is 0.394 bits per heavy atom. The van der Waals surface area contributed by atoms with Crippen LogP contribution in [0.5, 0.6) is 0 Å². The van der Waals surface area contributed by atoms with Gasteiger partial charge in [0.1, 0.15) is 0 Å². The highest BCUT2D eigenvalue weighted by Crippen LogP contribution is 2.50. The van der Waals surface area contributed by atoms with E-state index < -0.39 is 0 Å². The molecule has 3 aromatic heterocycles. The van der Waals surface area contributed by atoms with Crippen molar-refractivity contribution in [2.45, 2.75) is 51.4 Å². The molecule has 0 aliphatic heterocycles. The molecule has 0 bridgehead atoms. The van der Waals surface area contributed by atoms with Gasteiger partial charge < -0.3 is 4.57 Å². The lowest BCUT2D eigenvalue weighted by Gasteiger charge is -2.42. The minimum atomic E-state index is 0.0265. The van der Waals surface area contributed by atoms with Gasteiger partial charge in [-0.15, -0.1) is 0 Å². The normalized spacial score (nSPS) is 14.5. The molecule has 9 aromatic carbocycles. The minimum absolute atomic E-state index is 0.0265. The highest BCUT2D eigenvalue weighted by molar-refractivity contribution is 6.26. The van der Waals surface area contributed by atoms with Crippen LogP contribution >= 0.6 is 0 Å². The molecular weight excluding hydrogens is 803 g/mol. The number of benzene rings is 9. The second-order valence-electron chi connectivity index (χ2n) is 19.5. The van der Waals surface area contributed by atoms with Crippen molar-refractivity contribution in [3.63, 3.8) is 0 Å². The molecule has 0 atom stereocenters. The third-order valence-corrected chi connectivity index (χ3v) is 14.6. The number of rotatable bonds is 5. The van der Waals surface area contributed by atoms with Crippen LogP contribution in [0.2, 0.25) is 0 Å². The maximum Gasteiger partial charge on any atom is 0.238 e. The van der Waals surface area contributed by atoms with E-state index in [0.717, 1.165) is 78.9 Å². The van der Waals surface area contributed by atoms with Crippen molar-refractivity contribution in [3.05, 3.63) is 199 Å². The molecule has 0 saturated carbocycles. The van der Waals surface area contributed by atoms with Gasteiger partial charge in [-0.25, -0.2) is 4.98 Å². The molecule has 0 unspecified atom stereocenters. The zero-order valence-electron chi connectivity index (χ0n) is 37.5. The van der Waals surface area contributed by atoms with Gasteiger partial charge >= 0.3 is 0 Å². The summed E-state index contributed by atoms with van der Waals surface area (Å²) in [7, 11) is 0. The zero-order valence-corrected chi connectivity index (χ0v) is 37.5. The molecule has 0 radical (unpaired) electrons. The summed E-state index contributed by atoms with van der Waals surface area (Å²) in [5.41, 5.74) is 12.7. The Kier molecular flexibility index (Phi) is 8.36. The van der Waals surface area contributed by atoms with E-state index in [4.69, 9.17) is 15.0 Å². The van der Waals surface area contributed by atoms with Gasteiger partial charge in [0.15, 0.2) is 11.6 Å². The number of aromatic nitrogens is 5. The third kappa shape index (κ3) is 5.89. The fourth-order valence-corrected chi connectivity index (χ4v) is 11.0. The first kappa shape index (κ1) is 38.6. The summed E-state index contributed by atoms with van der Waals surface area (Å²) >= 11 is 0. The summed E-state index contributed by atoms with van der Waals surface area (Å²) in [4.78, 5) is 16.4. The van der Waals surface area contributed by atoms with Crippen molar-refractivity contribution in [2.75, 3.05) is 0 Å². The van der Waals surface area contributed by atoms with Crippen molar-refractivity contribution in [3.8, 4) is 45.5 Å². The van der Waals surface area contributed by atoms with Crippen LogP contribution in [0.25, 0.3) is 111 Å². The molecule has 3 heterocycles. The average Bonchev–Trinajstić information content (AvgIpc) is 3.87. The van der Waals surface area contributed by atoms with Gasteiger partial charge in [-0.3, -0.25) is 4.57 Å². The van der Waals surface area contributed by atoms with Gasteiger partial charge in [0, 0.05) is 38.4 Å².